The third-order valence-corrected chi connectivity index (χ3v) is 4.54. The summed E-state index contributed by atoms with van der Waals surface area (Å²) < 4.78 is 15.9. The highest BCUT2D eigenvalue weighted by molar-refractivity contribution is 9.10. The topological polar surface area (TPSA) is 90.9 Å². The molecular weight excluding hydrogens is 430 g/mol. The van der Waals surface area contributed by atoms with Crippen molar-refractivity contribution < 1.29 is 28.6 Å². The van der Waals surface area contributed by atoms with Crippen LogP contribution in [-0.2, 0) is 23.9 Å². The highest BCUT2D eigenvalue weighted by atomic mass is 79.9. The minimum atomic E-state index is -0.651. The van der Waals surface area contributed by atoms with Crippen molar-refractivity contribution in [3.05, 3.63) is 40.9 Å². The molecule has 0 aliphatic carbocycles. The Morgan fingerprint density at radius 1 is 1.00 bits per heavy atom. The van der Waals surface area contributed by atoms with Crippen molar-refractivity contribution in [1.82, 2.24) is 5.32 Å². The van der Waals surface area contributed by atoms with E-state index in [4.69, 9.17) is 14.2 Å². The number of carbonyl (C=O) groups excluding carboxylic acids is 3. The maximum absolute atomic E-state index is 11.8. The zero-order chi connectivity index (χ0) is 20.4. The van der Waals surface area contributed by atoms with Gasteiger partial charge in [-0.05, 0) is 46.1 Å². The van der Waals surface area contributed by atoms with Gasteiger partial charge in [0.25, 0.3) is 5.91 Å². The Labute approximate surface area is 171 Å². The molecule has 8 heteroatoms. The summed E-state index contributed by atoms with van der Waals surface area (Å²) in [4.78, 5) is 34.6. The van der Waals surface area contributed by atoms with Gasteiger partial charge in [0.2, 0.25) is 0 Å². The molecule has 0 saturated heterocycles. The van der Waals surface area contributed by atoms with Gasteiger partial charge in [0.15, 0.2) is 13.2 Å². The third kappa shape index (κ3) is 6.84. The first-order chi connectivity index (χ1) is 13.5. The number of fused-ring (bicyclic) bond motifs is 1. The lowest BCUT2D eigenvalue weighted by atomic mass is 10.1. The minimum Gasteiger partial charge on any atom is -0.481 e. The van der Waals surface area contributed by atoms with Crippen molar-refractivity contribution >= 4 is 44.5 Å². The van der Waals surface area contributed by atoms with Crippen LogP contribution in [0, 0.1) is 0 Å². The van der Waals surface area contributed by atoms with Crippen molar-refractivity contribution in [3.63, 3.8) is 0 Å². The second-order valence-electron chi connectivity index (χ2n) is 5.81. The van der Waals surface area contributed by atoms with Gasteiger partial charge in [-0.1, -0.05) is 30.3 Å². The van der Waals surface area contributed by atoms with Crippen LogP contribution in [0.3, 0.4) is 0 Å². The van der Waals surface area contributed by atoms with Crippen LogP contribution in [0.5, 0.6) is 5.75 Å². The molecule has 0 bridgehead atoms. The molecule has 2 aromatic rings. The first-order valence-corrected chi connectivity index (χ1v) is 9.68. The maximum atomic E-state index is 11.8. The smallest absolute Gasteiger partial charge is 0.344 e. The molecule has 0 saturated carbocycles. The molecule has 1 amide bonds. The molecule has 7 nitrogen and oxygen atoms in total. The summed E-state index contributed by atoms with van der Waals surface area (Å²) in [6.45, 7) is 1.65. The number of halogens is 1. The molecule has 0 heterocycles. The molecule has 0 unspecified atom stereocenters. The monoisotopic (exact) mass is 451 g/mol. The molecule has 28 heavy (non-hydrogen) atoms. The molecule has 0 aliphatic heterocycles. The molecule has 0 atom stereocenters. The SMILES string of the molecule is CCOC(=O)CCCNC(=O)COC(=O)COc1ccc2ccccc2c1Br. The van der Waals surface area contributed by atoms with E-state index in [2.05, 4.69) is 21.2 Å². The molecule has 2 rings (SSSR count). The summed E-state index contributed by atoms with van der Waals surface area (Å²) in [5, 5.41) is 4.58. The van der Waals surface area contributed by atoms with Gasteiger partial charge in [-0.15, -0.1) is 0 Å². The number of esters is 2. The van der Waals surface area contributed by atoms with Gasteiger partial charge in [0.1, 0.15) is 5.75 Å². The highest BCUT2D eigenvalue weighted by Crippen LogP contribution is 2.32. The van der Waals surface area contributed by atoms with E-state index in [-0.39, 0.29) is 19.0 Å². The number of amides is 1. The molecule has 1 N–H and O–H groups in total. The zero-order valence-electron chi connectivity index (χ0n) is 15.5. The number of carbonyl (C=O) groups is 3. The van der Waals surface area contributed by atoms with E-state index < -0.39 is 18.5 Å². The number of benzene rings is 2. The molecule has 0 spiro atoms. The molecular formula is C20H22BrNO6. The average molecular weight is 452 g/mol. The third-order valence-electron chi connectivity index (χ3n) is 3.72. The number of hydrogen-bond donors (Lipinski definition) is 1. The predicted octanol–water partition coefficient (Wildman–Crippen LogP) is 2.98. The van der Waals surface area contributed by atoms with E-state index in [1.54, 1.807) is 13.0 Å². The van der Waals surface area contributed by atoms with Crippen LogP contribution >= 0.6 is 15.9 Å². The Hall–Kier alpha value is -2.61. The van der Waals surface area contributed by atoms with E-state index in [9.17, 15) is 14.4 Å². The lowest BCUT2D eigenvalue weighted by Crippen LogP contribution is -2.30. The molecule has 0 radical (unpaired) electrons. The summed E-state index contributed by atoms with van der Waals surface area (Å²) in [6.07, 6.45) is 0.681. The molecule has 0 fully saturated rings. The lowest BCUT2D eigenvalue weighted by Gasteiger charge is -2.10. The van der Waals surface area contributed by atoms with Gasteiger partial charge in [-0.3, -0.25) is 9.59 Å². The van der Waals surface area contributed by atoms with Crippen molar-refractivity contribution in [2.45, 2.75) is 19.8 Å². The normalized spacial score (nSPS) is 10.4. The van der Waals surface area contributed by atoms with Gasteiger partial charge < -0.3 is 19.5 Å². The van der Waals surface area contributed by atoms with Gasteiger partial charge in [0, 0.05) is 13.0 Å². The highest BCUT2D eigenvalue weighted by Gasteiger charge is 2.11. The predicted molar refractivity (Wildman–Crippen MR) is 107 cm³/mol. The van der Waals surface area contributed by atoms with E-state index in [0.29, 0.717) is 25.3 Å². The molecule has 2 aromatic carbocycles. The first-order valence-electron chi connectivity index (χ1n) is 8.89. The summed E-state index contributed by atoms with van der Waals surface area (Å²) >= 11 is 3.48. The van der Waals surface area contributed by atoms with E-state index >= 15 is 0 Å². The van der Waals surface area contributed by atoms with Gasteiger partial charge >= 0.3 is 11.9 Å². The fourth-order valence-electron chi connectivity index (χ4n) is 2.39. The summed E-state index contributed by atoms with van der Waals surface area (Å²) in [5.74, 6) is -0.884. The second-order valence-corrected chi connectivity index (χ2v) is 6.60. The fourth-order valence-corrected chi connectivity index (χ4v) is 3.00. The van der Waals surface area contributed by atoms with E-state index in [1.807, 2.05) is 30.3 Å². The standard InChI is InChI=1S/C20H22BrNO6/c1-2-26-18(24)8-5-11-22-17(23)12-28-19(25)13-27-16-10-9-14-6-3-4-7-15(14)20(16)21/h3-4,6-7,9-10H,2,5,8,11-13H2,1H3,(H,22,23). The molecule has 0 aromatic heterocycles. The number of hydrogen-bond acceptors (Lipinski definition) is 6. The Kier molecular flexibility index (Phi) is 8.74. The Morgan fingerprint density at radius 2 is 1.79 bits per heavy atom. The van der Waals surface area contributed by atoms with Crippen LogP contribution < -0.4 is 10.1 Å². The Bertz CT molecular complexity index is 839. The summed E-state index contributed by atoms with van der Waals surface area (Å²) in [7, 11) is 0. The Balaban J connectivity index is 1.68. The first kappa shape index (κ1) is 21.7. The number of rotatable bonds is 10. The van der Waals surface area contributed by atoms with Crippen LogP contribution in [-0.4, -0.2) is 44.2 Å². The van der Waals surface area contributed by atoms with E-state index in [0.717, 1.165) is 15.2 Å². The van der Waals surface area contributed by atoms with Crippen LogP contribution in [0.4, 0.5) is 0 Å². The maximum Gasteiger partial charge on any atom is 0.344 e. The van der Waals surface area contributed by atoms with Gasteiger partial charge in [-0.2, -0.15) is 0 Å². The zero-order valence-corrected chi connectivity index (χ0v) is 17.1. The molecule has 0 aliphatic rings. The average Bonchev–Trinajstić information content (AvgIpc) is 2.69. The van der Waals surface area contributed by atoms with Crippen LogP contribution in [0.1, 0.15) is 19.8 Å². The molecule has 150 valence electrons. The van der Waals surface area contributed by atoms with Crippen molar-refractivity contribution in [3.8, 4) is 5.75 Å². The largest absolute Gasteiger partial charge is 0.481 e. The second kappa shape index (κ2) is 11.3. The van der Waals surface area contributed by atoms with Crippen molar-refractivity contribution in [2.24, 2.45) is 0 Å². The van der Waals surface area contributed by atoms with Gasteiger partial charge in [-0.25, -0.2) is 4.79 Å². The minimum absolute atomic E-state index is 0.225. The van der Waals surface area contributed by atoms with E-state index in [1.165, 1.54) is 0 Å². The Morgan fingerprint density at radius 3 is 2.57 bits per heavy atom. The summed E-state index contributed by atoms with van der Waals surface area (Å²) in [6, 6.07) is 11.4. The number of nitrogens with one attached hydrogen (secondary N) is 1. The van der Waals surface area contributed by atoms with Crippen LogP contribution in [0.2, 0.25) is 0 Å². The quantitative estimate of drug-likeness (QED) is 0.440. The van der Waals surface area contributed by atoms with Crippen molar-refractivity contribution in [1.29, 1.82) is 0 Å². The lowest BCUT2D eigenvalue weighted by molar-refractivity contribution is -0.150. The number of ether oxygens (including phenoxy) is 3. The summed E-state index contributed by atoms with van der Waals surface area (Å²) in [5.41, 5.74) is 0. The van der Waals surface area contributed by atoms with Crippen LogP contribution in [0.15, 0.2) is 40.9 Å². The van der Waals surface area contributed by atoms with Gasteiger partial charge in [0.05, 0.1) is 11.1 Å². The fraction of sp³-hybridized carbons (Fsp3) is 0.350. The van der Waals surface area contributed by atoms with Crippen molar-refractivity contribution in [2.75, 3.05) is 26.4 Å². The van der Waals surface area contributed by atoms with Crippen LogP contribution in [0.25, 0.3) is 10.8 Å².